The van der Waals surface area contributed by atoms with Crippen LogP contribution >= 0.6 is 0 Å². The lowest BCUT2D eigenvalue weighted by molar-refractivity contribution is -0.138. The molecule has 1 aliphatic rings. The Morgan fingerprint density at radius 1 is 1.45 bits per heavy atom. The van der Waals surface area contributed by atoms with E-state index in [1.54, 1.807) is 35.0 Å². The van der Waals surface area contributed by atoms with Crippen LogP contribution in [-0.2, 0) is 4.79 Å². The second kappa shape index (κ2) is 5.53. The number of benzene rings is 1. The number of nitrogens with zero attached hydrogens (tertiary/aromatic N) is 2. The molecular formula is C15H20N2O3. The first-order chi connectivity index (χ1) is 9.47. The van der Waals surface area contributed by atoms with Crippen molar-refractivity contribution in [3.63, 3.8) is 0 Å². The van der Waals surface area contributed by atoms with E-state index in [9.17, 15) is 14.7 Å². The Kier molecular flexibility index (Phi) is 3.97. The maximum absolute atomic E-state index is 12.5. The molecule has 0 radical (unpaired) electrons. The first-order valence-electron chi connectivity index (χ1n) is 6.83. The van der Waals surface area contributed by atoms with Gasteiger partial charge in [0.2, 0.25) is 0 Å². The molecule has 0 aromatic heterocycles. The summed E-state index contributed by atoms with van der Waals surface area (Å²) in [6.45, 7) is 4.20. The van der Waals surface area contributed by atoms with E-state index in [1.165, 1.54) is 0 Å². The fraction of sp³-hybridized carbons (Fsp3) is 0.467. The summed E-state index contributed by atoms with van der Waals surface area (Å²) in [4.78, 5) is 27.1. The lowest BCUT2D eigenvalue weighted by atomic mass is 10.0. The Bertz CT molecular complexity index is 530. The molecule has 1 heterocycles. The van der Waals surface area contributed by atoms with Crippen LogP contribution in [0.25, 0.3) is 0 Å². The molecule has 1 aliphatic heterocycles. The third-order valence-electron chi connectivity index (χ3n) is 4.05. The highest BCUT2D eigenvalue weighted by molar-refractivity contribution is 5.98. The molecule has 0 saturated carbocycles. The van der Waals surface area contributed by atoms with E-state index < -0.39 is 11.9 Å². The molecular weight excluding hydrogens is 256 g/mol. The van der Waals surface area contributed by atoms with E-state index in [0.717, 1.165) is 6.42 Å². The van der Waals surface area contributed by atoms with Crippen molar-refractivity contribution in [2.75, 3.05) is 18.5 Å². The normalized spacial score (nSPS) is 18.6. The monoisotopic (exact) mass is 276 g/mol. The Hall–Kier alpha value is -2.04. The second-order valence-electron chi connectivity index (χ2n) is 5.21. The van der Waals surface area contributed by atoms with Crippen molar-refractivity contribution in [3.05, 3.63) is 29.8 Å². The van der Waals surface area contributed by atoms with Gasteiger partial charge in [-0.25, -0.2) is 4.79 Å². The molecule has 0 fully saturated rings. The van der Waals surface area contributed by atoms with Gasteiger partial charge in [0, 0.05) is 25.3 Å². The van der Waals surface area contributed by atoms with Gasteiger partial charge in [0.05, 0.1) is 0 Å². The number of fused-ring (bicyclic) bond motifs is 1. The molecule has 0 saturated heterocycles. The van der Waals surface area contributed by atoms with Gasteiger partial charge in [-0.15, -0.1) is 0 Å². The summed E-state index contributed by atoms with van der Waals surface area (Å²) in [6.07, 6.45) is 0.861. The molecule has 2 rings (SSSR count). The molecule has 2 unspecified atom stereocenters. The average molecular weight is 276 g/mol. The van der Waals surface area contributed by atoms with Gasteiger partial charge >= 0.3 is 12.0 Å². The highest BCUT2D eigenvalue weighted by atomic mass is 16.4. The highest BCUT2D eigenvalue weighted by Gasteiger charge is 2.37. The predicted molar refractivity (Wildman–Crippen MR) is 77.1 cm³/mol. The average Bonchev–Trinajstić information content (AvgIpc) is 2.84. The zero-order valence-electron chi connectivity index (χ0n) is 12.0. The second-order valence-corrected chi connectivity index (χ2v) is 5.21. The van der Waals surface area contributed by atoms with E-state index in [1.807, 2.05) is 19.9 Å². The zero-order valence-corrected chi connectivity index (χ0v) is 12.0. The van der Waals surface area contributed by atoms with Crippen molar-refractivity contribution in [1.29, 1.82) is 0 Å². The van der Waals surface area contributed by atoms with Gasteiger partial charge in [-0.2, -0.15) is 0 Å². The summed E-state index contributed by atoms with van der Waals surface area (Å²) in [5.41, 5.74) is 1.42. The third-order valence-corrected chi connectivity index (χ3v) is 4.05. The number of carbonyl (C=O) groups is 2. The molecule has 1 N–H and O–H groups in total. The number of para-hydroxylation sites is 1. The summed E-state index contributed by atoms with van der Waals surface area (Å²) in [5.74, 6) is -1.53. The summed E-state index contributed by atoms with van der Waals surface area (Å²) < 4.78 is 0. The maximum atomic E-state index is 12.5. The molecule has 20 heavy (non-hydrogen) atoms. The lowest BCUT2D eigenvalue weighted by Crippen LogP contribution is -2.45. The summed E-state index contributed by atoms with van der Waals surface area (Å²) >= 11 is 0. The summed E-state index contributed by atoms with van der Waals surface area (Å²) in [6, 6.07) is 7.20. The van der Waals surface area contributed by atoms with E-state index in [2.05, 4.69) is 0 Å². The largest absolute Gasteiger partial charge is 0.481 e. The first-order valence-corrected chi connectivity index (χ1v) is 6.83. The minimum absolute atomic E-state index is 0.124. The van der Waals surface area contributed by atoms with Crippen molar-refractivity contribution in [2.45, 2.75) is 32.2 Å². The van der Waals surface area contributed by atoms with Gasteiger partial charge in [-0.1, -0.05) is 25.1 Å². The van der Waals surface area contributed by atoms with E-state index in [4.69, 9.17) is 0 Å². The number of amides is 2. The zero-order chi connectivity index (χ0) is 14.9. The molecule has 108 valence electrons. The summed E-state index contributed by atoms with van der Waals surface area (Å²) in [5, 5.41) is 9.30. The molecule has 0 spiro atoms. The Morgan fingerprint density at radius 2 is 2.10 bits per heavy atom. The Morgan fingerprint density at radius 3 is 2.70 bits per heavy atom. The Labute approximate surface area is 118 Å². The molecule has 0 aliphatic carbocycles. The van der Waals surface area contributed by atoms with Gasteiger partial charge in [0.15, 0.2) is 0 Å². The number of hydrogen-bond donors (Lipinski definition) is 1. The molecule has 1 aromatic rings. The first kappa shape index (κ1) is 14.4. The number of anilines is 1. The van der Waals surface area contributed by atoms with Gasteiger partial charge in [0.1, 0.15) is 5.92 Å². The van der Waals surface area contributed by atoms with E-state index >= 15 is 0 Å². The minimum atomic E-state index is -0.890. The van der Waals surface area contributed by atoms with Crippen molar-refractivity contribution < 1.29 is 14.7 Å². The number of rotatable bonds is 3. The van der Waals surface area contributed by atoms with Crippen molar-refractivity contribution >= 4 is 17.7 Å². The molecule has 5 heteroatoms. The van der Waals surface area contributed by atoms with Crippen LogP contribution in [0.4, 0.5) is 10.5 Å². The number of carboxylic acid groups (broad SMARTS) is 1. The van der Waals surface area contributed by atoms with Crippen molar-refractivity contribution in [3.8, 4) is 0 Å². The van der Waals surface area contributed by atoms with E-state index in [-0.39, 0.29) is 18.6 Å². The number of carboxylic acids is 1. The molecule has 2 atom stereocenters. The van der Waals surface area contributed by atoms with Gasteiger partial charge in [0.25, 0.3) is 0 Å². The standard InChI is InChI=1S/C15H20N2O3/c1-4-10(2)16(3)15(20)17-9-12(14(18)19)11-7-5-6-8-13(11)17/h5-8,10,12H,4,9H2,1-3H3,(H,18,19). The van der Waals surface area contributed by atoms with Gasteiger partial charge < -0.3 is 10.0 Å². The minimum Gasteiger partial charge on any atom is -0.481 e. The quantitative estimate of drug-likeness (QED) is 0.922. The topological polar surface area (TPSA) is 60.9 Å². The number of aliphatic carboxylic acids is 1. The van der Waals surface area contributed by atoms with Gasteiger partial charge in [-0.3, -0.25) is 9.69 Å². The van der Waals surface area contributed by atoms with Crippen molar-refractivity contribution in [1.82, 2.24) is 4.90 Å². The summed E-state index contributed by atoms with van der Waals surface area (Å²) in [7, 11) is 1.76. The SMILES string of the molecule is CCC(C)N(C)C(=O)N1CC(C(=O)O)c2ccccc21. The number of carbonyl (C=O) groups excluding carboxylic acids is 1. The maximum Gasteiger partial charge on any atom is 0.324 e. The lowest BCUT2D eigenvalue weighted by Gasteiger charge is -2.29. The fourth-order valence-corrected chi connectivity index (χ4v) is 2.45. The van der Waals surface area contributed by atoms with Crippen LogP contribution in [0.5, 0.6) is 0 Å². The van der Waals surface area contributed by atoms with Crippen LogP contribution in [0.3, 0.4) is 0 Å². The van der Waals surface area contributed by atoms with Crippen LogP contribution in [-0.4, -0.2) is 41.6 Å². The van der Waals surface area contributed by atoms with Crippen LogP contribution in [0, 0.1) is 0 Å². The Balaban J connectivity index is 2.31. The molecule has 2 amide bonds. The van der Waals surface area contributed by atoms with Crippen LogP contribution in [0.15, 0.2) is 24.3 Å². The number of urea groups is 1. The smallest absolute Gasteiger partial charge is 0.324 e. The highest BCUT2D eigenvalue weighted by Crippen LogP contribution is 2.36. The molecule has 1 aromatic carbocycles. The van der Waals surface area contributed by atoms with Crippen LogP contribution in [0.1, 0.15) is 31.7 Å². The van der Waals surface area contributed by atoms with E-state index in [0.29, 0.717) is 11.3 Å². The number of hydrogen-bond acceptors (Lipinski definition) is 2. The van der Waals surface area contributed by atoms with Crippen LogP contribution < -0.4 is 4.90 Å². The molecule has 0 bridgehead atoms. The van der Waals surface area contributed by atoms with Crippen molar-refractivity contribution in [2.24, 2.45) is 0 Å². The molecule has 5 nitrogen and oxygen atoms in total. The fourth-order valence-electron chi connectivity index (χ4n) is 2.45. The van der Waals surface area contributed by atoms with Gasteiger partial charge in [-0.05, 0) is 25.0 Å². The predicted octanol–water partition coefficient (Wildman–Crippen LogP) is 2.53. The van der Waals surface area contributed by atoms with Crippen LogP contribution in [0.2, 0.25) is 0 Å². The third kappa shape index (κ3) is 2.35.